The summed E-state index contributed by atoms with van der Waals surface area (Å²) in [7, 11) is 0. The van der Waals surface area contributed by atoms with Crippen molar-refractivity contribution in [1.29, 1.82) is 0 Å². The minimum absolute atomic E-state index is 0.0752. The Balaban J connectivity index is 1.38. The molecule has 2 aromatic rings. The van der Waals surface area contributed by atoms with Crippen LogP contribution in [0.5, 0.6) is 0 Å². The van der Waals surface area contributed by atoms with E-state index in [9.17, 15) is 14.4 Å². The second kappa shape index (κ2) is 9.11. The molecular weight excluding hydrogens is 378 g/mol. The summed E-state index contributed by atoms with van der Waals surface area (Å²) in [6, 6.07) is 16.7. The van der Waals surface area contributed by atoms with Crippen molar-refractivity contribution in [3.63, 3.8) is 0 Å². The van der Waals surface area contributed by atoms with E-state index in [-0.39, 0.29) is 5.91 Å². The number of anilines is 1. The van der Waals surface area contributed by atoms with Crippen LogP contribution in [0.3, 0.4) is 0 Å². The average molecular weight is 405 g/mol. The van der Waals surface area contributed by atoms with Gasteiger partial charge in [0.2, 0.25) is 0 Å². The molecule has 0 atom stereocenters. The summed E-state index contributed by atoms with van der Waals surface area (Å²) in [5.74, 6) is -0.915. The molecule has 0 saturated carbocycles. The van der Waals surface area contributed by atoms with Crippen LogP contribution < -0.4 is 4.90 Å². The maximum Gasteiger partial charge on any atom is 0.316 e. The van der Waals surface area contributed by atoms with E-state index in [1.165, 1.54) is 17.7 Å². The molecule has 2 fully saturated rings. The lowest BCUT2D eigenvalue weighted by Gasteiger charge is -2.33. The van der Waals surface area contributed by atoms with E-state index < -0.39 is 11.8 Å². The first-order valence-electron chi connectivity index (χ1n) is 10.7. The molecule has 0 bridgehead atoms. The maximum absolute atomic E-state index is 12.7. The third-order valence-electron chi connectivity index (χ3n) is 5.84. The lowest BCUT2D eigenvalue weighted by Crippen LogP contribution is -2.54. The second-order valence-electron chi connectivity index (χ2n) is 7.92. The summed E-state index contributed by atoms with van der Waals surface area (Å²) in [6.45, 7) is 2.96. The minimum atomic E-state index is -0.500. The largest absolute Gasteiger partial charge is 0.339 e. The first-order chi connectivity index (χ1) is 14.6. The quantitative estimate of drug-likeness (QED) is 0.735. The zero-order valence-corrected chi connectivity index (χ0v) is 17.1. The van der Waals surface area contributed by atoms with Crippen LogP contribution in [0.1, 0.15) is 41.6 Å². The lowest BCUT2D eigenvalue weighted by molar-refractivity contribution is -0.146. The standard InChI is InChI=1S/C24H27N3O3/c28-22(25-14-6-1-2-7-15-25)20-12-10-19(11-13-20)18-26-16-17-27(24(30)23(26)29)21-8-4-3-5-9-21/h3-5,8-13H,1-2,6-7,14-18H2. The van der Waals surface area contributed by atoms with E-state index in [0.29, 0.717) is 25.2 Å². The molecule has 0 aliphatic carbocycles. The zero-order valence-electron chi connectivity index (χ0n) is 17.1. The van der Waals surface area contributed by atoms with Crippen LogP contribution in [-0.4, -0.2) is 53.7 Å². The lowest BCUT2D eigenvalue weighted by atomic mass is 10.1. The van der Waals surface area contributed by atoms with Crippen LogP contribution in [0.25, 0.3) is 0 Å². The number of hydrogen-bond acceptors (Lipinski definition) is 3. The molecule has 2 aromatic carbocycles. The predicted molar refractivity (Wildman–Crippen MR) is 115 cm³/mol. The van der Waals surface area contributed by atoms with Crippen LogP contribution in [0.4, 0.5) is 5.69 Å². The summed E-state index contributed by atoms with van der Waals surface area (Å²) in [5, 5.41) is 0. The van der Waals surface area contributed by atoms with E-state index in [1.807, 2.05) is 59.5 Å². The van der Waals surface area contributed by atoms with Crippen LogP contribution >= 0.6 is 0 Å². The van der Waals surface area contributed by atoms with Crippen molar-refractivity contribution in [2.24, 2.45) is 0 Å². The molecule has 3 amide bonds. The van der Waals surface area contributed by atoms with Gasteiger partial charge in [-0.3, -0.25) is 14.4 Å². The Bertz CT molecular complexity index is 903. The highest BCUT2D eigenvalue weighted by Gasteiger charge is 2.33. The highest BCUT2D eigenvalue weighted by atomic mass is 16.2. The van der Waals surface area contributed by atoms with Crippen LogP contribution in [0.15, 0.2) is 54.6 Å². The fourth-order valence-electron chi connectivity index (χ4n) is 4.11. The molecule has 0 aromatic heterocycles. The van der Waals surface area contributed by atoms with Crippen LogP contribution in [-0.2, 0) is 16.1 Å². The summed E-state index contributed by atoms with van der Waals surface area (Å²) in [5.41, 5.74) is 2.33. The Morgan fingerprint density at radius 3 is 2.07 bits per heavy atom. The van der Waals surface area contributed by atoms with Gasteiger partial charge >= 0.3 is 11.8 Å². The molecule has 2 aliphatic rings. The van der Waals surface area contributed by atoms with Gasteiger partial charge in [0.1, 0.15) is 0 Å². The summed E-state index contributed by atoms with van der Waals surface area (Å²) in [4.78, 5) is 42.9. The minimum Gasteiger partial charge on any atom is -0.339 e. The van der Waals surface area contributed by atoms with E-state index in [4.69, 9.17) is 0 Å². The number of hydrogen-bond donors (Lipinski definition) is 0. The maximum atomic E-state index is 12.7. The van der Waals surface area contributed by atoms with Crippen molar-refractivity contribution in [3.05, 3.63) is 65.7 Å². The first-order valence-corrected chi connectivity index (χ1v) is 10.7. The fraction of sp³-hybridized carbons (Fsp3) is 0.375. The monoisotopic (exact) mass is 405 g/mol. The molecule has 0 spiro atoms. The Morgan fingerprint density at radius 1 is 0.733 bits per heavy atom. The van der Waals surface area contributed by atoms with Crippen LogP contribution in [0, 0.1) is 0 Å². The highest BCUT2D eigenvalue weighted by Crippen LogP contribution is 2.19. The van der Waals surface area contributed by atoms with Gasteiger partial charge in [-0.1, -0.05) is 43.2 Å². The normalized spacial score (nSPS) is 17.8. The molecule has 0 unspecified atom stereocenters. The Morgan fingerprint density at radius 2 is 1.40 bits per heavy atom. The SMILES string of the molecule is O=C1C(=O)N(c2ccccc2)CCN1Cc1ccc(C(=O)N2CCCCCC2)cc1. The molecule has 2 aliphatic heterocycles. The second-order valence-corrected chi connectivity index (χ2v) is 7.92. The molecule has 4 rings (SSSR count). The Kier molecular flexibility index (Phi) is 6.12. The number of rotatable bonds is 4. The van der Waals surface area contributed by atoms with Gasteiger partial charge in [-0.15, -0.1) is 0 Å². The van der Waals surface area contributed by atoms with Gasteiger partial charge < -0.3 is 14.7 Å². The molecule has 30 heavy (non-hydrogen) atoms. The number of para-hydroxylation sites is 1. The van der Waals surface area contributed by atoms with E-state index >= 15 is 0 Å². The average Bonchev–Trinajstić information content (AvgIpc) is 3.07. The molecule has 0 N–H and O–H groups in total. The molecule has 156 valence electrons. The van der Waals surface area contributed by atoms with Crippen molar-refractivity contribution in [2.75, 3.05) is 31.1 Å². The molecule has 0 radical (unpaired) electrons. The van der Waals surface area contributed by atoms with Crippen molar-refractivity contribution in [2.45, 2.75) is 32.2 Å². The highest BCUT2D eigenvalue weighted by molar-refractivity contribution is 6.40. The van der Waals surface area contributed by atoms with Crippen molar-refractivity contribution >= 4 is 23.4 Å². The zero-order chi connectivity index (χ0) is 20.9. The van der Waals surface area contributed by atoms with E-state index in [2.05, 4.69) is 0 Å². The fourth-order valence-corrected chi connectivity index (χ4v) is 4.11. The molecule has 6 heteroatoms. The van der Waals surface area contributed by atoms with Crippen LogP contribution in [0.2, 0.25) is 0 Å². The number of carbonyl (C=O) groups is 3. The third-order valence-corrected chi connectivity index (χ3v) is 5.84. The van der Waals surface area contributed by atoms with E-state index in [0.717, 1.165) is 37.2 Å². The first kappa shape index (κ1) is 20.1. The van der Waals surface area contributed by atoms with Gasteiger partial charge in [0.05, 0.1) is 0 Å². The van der Waals surface area contributed by atoms with Gasteiger partial charge in [0, 0.05) is 44.0 Å². The number of likely N-dealkylation sites (tertiary alicyclic amines) is 1. The third kappa shape index (κ3) is 4.37. The van der Waals surface area contributed by atoms with E-state index in [1.54, 1.807) is 4.90 Å². The van der Waals surface area contributed by atoms with Gasteiger partial charge in [0.15, 0.2) is 0 Å². The Hall–Kier alpha value is -3.15. The van der Waals surface area contributed by atoms with Gasteiger partial charge in [-0.05, 0) is 42.7 Å². The Labute approximate surface area is 177 Å². The molecule has 6 nitrogen and oxygen atoms in total. The van der Waals surface area contributed by atoms with Crippen molar-refractivity contribution in [3.8, 4) is 0 Å². The predicted octanol–water partition coefficient (Wildman–Crippen LogP) is 3.08. The van der Waals surface area contributed by atoms with Gasteiger partial charge in [0.25, 0.3) is 5.91 Å². The number of amides is 3. The summed E-state index contributed by atoms with van der Waals surface area (Å²) in [6.07, 6.45) is 4.50. The number of nitrogens with zero attached hydrogens (tertiary/aromatic N) is 3. The summed E-state index contributed by atoms with van der Waals surface area (Å²) >= 11 is 0. The number of carbonyl (C=O) groups excluding carboxylic acids is 3. The van der Waals surface area contributed by atoms with Crippen molar-refractivity contribution in [1.82, 2.24) is 9.80 Å². The molecule has 2 heterocycles. The van der Waals surface area contributed by atoms with Crippen molar-refractivity contribution < 1.29 is 14.4 Å². The summed E-state index contributed by atoms with van der Waals surface area (Å²) < 4.78 is 0. The molecule has 2 saturated heterocycles. The topological polar surface area (TPSA) is 60.9 Å². The number of benzene rings is 2. The van der Waals surface area contributed by atoms with Gasteiger partial charge in [-0.2, -0.15) is 0 Å². The van der Waals surface area contributed by atoms with Gasteiger partial charge in [-0.25, -0.2) is 0 Å². The smallest absolute Gasteiger partial charge is 0.316 e. The molecular formula is C24H27N3O3. The number of piperazine rings is 1.